The van der Waals surface area contributed by atoms with E-state index in [0.29, 0.717) is 29.4 Å². The zero-order valence-corrected chi connectivity index (χ0v) is 17.5. The van der Waals surface area contributed by atoms with E-state index in [9.17, 15) is 9.59 Å². The first kappa shape index (κ1) is 21.5. The van der Waals surface area contributed by atoms with Crippen molar-refractivity contribution in [2.75, 3.05) is 25.5 Å². The molecule has 1 amide bonds. The maximum atomic E-state index is 11.9. The third kappa shape index (κ3) is 4.87. The summed E-state index contributed by atoms with van der Waals surface area (Å²) in [6, 6.07) is 16.8. The van der Waals surface area contributed by atoms with Gasteiger partial charge in [0, 0.05) is 38.4 Å². The average molecular weight is 427 g/mol. The third-order valence-electron chi connectivity index (χ3n) is 4.74. The number of hydrogen-bond donors (Lipinski definition) is 2. The molecule has 7 nitrogen and oxygen atoms in total. The number of likely N-dealkylation sites (tertiary alicyclic amines) is 1. The van der Waals surface area contributed by atoms with Gasteiger partial charge in [0.15, 0.2) is 6.29 Å². The van der Waals surface area contributed by atoms with Gasteiger partial charge in [0.2, 0.25) is 0 Å². The van der Waals surface area contributed by atoms with Crippen LogP contribution in [-0.4, -0.2) is 58.2 Å². The molecular weight excluding hydrogens is 404 g/mol. The SMILES string of the molecule is CNc1ccc(C(=O)N2CC(O)C2)c(Cl)c1.Cn1nc(-c2ccccc2)cc1C=O. The molecule has 1 fully saturated rings. The summed E-state index contributed by atoms with van der Waals surface area (Å²) in [5, 5.41) is 16.7. The van der Waals surface area contributed by atoms with Crippen LogP contribution in [0.2, 0.25) is 5.02 Å². The smallest absolute Gasteiger partial charge is 0.255 e. The van der Waals surface area contributed by atoms with Crippen LogP contribution in [0.4, 0.5) is 5.69 Å². The summed E-state index contributed by atoms with van der Waals surface area (Å²) >= 11 is 6.01. The van der Waals surface area contributed by atoms with E-state index in [1.807, 2.05) is 30.3 Å². The lowest BCUT2D eigenvalue weighted by Crippen LogP contribution is -2.53. The molecule has 3 aromatic rings. The predicted molar refractivity (Wildman–Crippen MR) is 117 cm³/mol. The van der Waals surface area contributed by atoms with Crippen molar-refractivity contribution in [2.24, 2.45) is 7.05 Å². The molecule has 1 aliphatic rings. The highest BCUT2D eigenvalue weighted by molar-refractivity contribution is 6.34. The van der Waals surface area contributed by atoms with Gasteiger partial charge in [0.1, 0.15) is 5.69 Å². The fourth-order valence-corrected chi connectivity index (χ4v) is 3.24. The number of amides is 1. The van der Waals surface area contributed by atoms with Crippen LogP contribution in [0.15, 0.2) is 54.6 Å². The predicted octanol–water partition coefficient (Wildman–Crippen LogP) is 3.10. The number of halogens is 1. The highest BCUT2D eigenvalue weighted by atomic mass is 35.5. The van der Waals surface area contributed by atoms with Crippen molar-refractivity contribution in [3.63, 3.8) is 0 Å². The van der Waals surface area contributed by atoms with E-state index in [0.717, 1.165) is 23.2 Å². The molecule has 8 heteroatoms. The molecule has 0 spiro atoms. The van der Waals surface area contributed by atoms with Crippen molar-refractivity contribution in [1.82, 2.24) is 14.7 Å². The first-order valence-electron chi connectivity index (χ1n) is 9.42. The first-order chi connectivity index (χ1) is 14.4. The fraction of sp³-hybridized carbons (Fsp3) is 0.227. The Morgan fingerprint density at radius 2 is 1.90 bits per heavy atom. The number of hydrogen-bond acceptors (Lipinski definition) is 5. The molecule has 2 aromatic carbocycles. The van der Waals surface area contributed by atoms with Crippen LogP contribution in [0.25, 0.3) is 11.3 Å². The highest BCUT2D eigenvalue weighted by Gasteiger charge is 2.30. The summed E-state index contributed by atoms with van der Waals surface area (Å²) in [6.07, 6.45) is 0.415. The number of aldehydes is 1. The topological polar surface area (TPSA) is 87.5 Å². The van der Waals surface area contributed by atoms with Crippen molar-refractivity contribution in [2.45, 2.75) is 6.10 Å². The highest BCUT2D eigenvalue weighted by Crippen LogP contribution is 2.24. The van der Waals surface area contributed by atoms with E-state index in [-0.39, 0.29) is 12.0 Å². The number of aliphatic hydroxyl groups excluding tert-OH is 1. The monoisotopic (exact) mass is 426 g/mol. The van der Waals surface area contributed by atoms with E-state index in [2.05, 4.69) is 10.4 Å². The van der Waals surface area contributed by atoms with E-state index < -0.39 is 0 Å². The van der Waals surface area contributed by atoms with E-state index in [4.69, 9.17) is 16.7 Å². The minimum Gasteiger partial charge on any atom is -0.389 e. The van der Waals surface area contributed by atoms with Gasteiger partial charge < -0.3 is 15.3 Å². The van der Waals surface area contributed by atoms with Gasteiger partial charge in [-0.05, 0) is 24.3 Å². The Kier molecular flexibility index (Phi) is 6.87. The fourth-order valence-electron chi connectivity index (χ4n) is 2.98. The van der Waals surface area contributed by atoms with Crippen LogP contribution < -0.4 is 5.32 Å². The summed E-state index contributed by atoms with van der Waals surface area (Å²) in [5.41, 5.74) is 3.79. The lowest BCUT2D eigenvalue weighted by molar-refractivity contribution is 0.00590. The molecule has 2 N–H and O–H groups in total. The Bertz CT molecular complexity index is 1030. The Morgan fingerprint density at radius 3 is 2.43 bits per heavy atom. The van der Waals surface area contributed by atoms with Gasteiger partial charge in [0.25, 0.3) is 5.91 Å². The second-order valence-corrected chi connectivity index (χ2v) is 7.28. The zero-order chi connectivity index (χ0) is 21.7. The van der Waals surface area contributed by atoms with E-state index in [1.54, 1.807) is 47.9 Å². The maximum absolute atomic E-state index is 11.9. The van der Waals surface area contributed by atoms with Crippen LogP contribution >= 0.6 is 11.6 Å². The Hall–Kier alpha value is -3.16. The number of carbonyl (C=O) groups excluding carboxylic acids is 2. The Morgan fingerprint density at radius 1 is 1.20 bits per heavy atom. The summed E-state index contributed by atoms with van der Waals surface area (Å²) in [6.45, 7) is 0.784. The number of aliphatic hydroxyl groups is 1. The molecule has 0 atom stereocenters. The van der Waals surface area contributed by atoms with Crippen molar-refractivity contribution in [3.05, 3.63) is 70.9 Å². The van der Waals surface area contributed by atoms with Crippen molar-refractivity contribution in [1.29, 1.82) is 0 Å². The summed E-state index contributed by atoms with van der Waals surface area (Å²) < 4.78 is 1.58. The van der Waals surface area contributed by atoms with E-state index >= 15 is 0 Å². The molecule has 2 heterocycles. The summed E-state index contributed by atoms with van der Waals surface area (Å²) in [7, 11) is 3.55. The number of anilines is 1. The molecule has 4 rings (SSSR count). The van der Waals surface area contributed by atoms with Gasteiger partial charge in [-0.3, -0.25) is 14.3 Å². The normalized spacial score (nSPS) is 13.1. The third-order valence-corrected chi connectivity index (χ3v) is 5.06. The average Bonchev–Trinajstić information content (AvgIpc) is 3.12. The standard InChI is InChI=1S/C11H13ClN2O2.C11H10N2O/c1-13-7-2-3-9(10(12)4-7)11(16)14-5-8(15)6-14;1-13-10(8-14)7-11(12-13)9-5-3-2-4-6-9/h2-4,8,13,15H,5-6H2,1H3;2-8H,1H3. The summed E-state index contributed by atoms with van der Waals surface area (Å²) in [4.78, 5) is 24.1. The lowest BCUT2D eigenvalue weighted by atomic mass is 10.1. The molecule has 0 unspecified atom stereocenters. The number of β-amino-alcohol motifs (C(OH)–C–C–N with tert-alkyl or cyclic N) is 1. The van der Waals surface area contributed by atoms with Gasteiger partial charge in [-0.2, -0.15) is 5.10 Å². The second kappa shape index (κ2) is 9.56. The van der Waals surface area contributed by atoms with Crippen molar-refractivity contribution < 1.29 is 14.7 Å². The molecule has 0 bridgehead atoms. The van der Waals surface area contributed by atoms with Gasteiger partial charge >= 0.3 is 0 Å². The zero-order valence-electron chi connectivity index (χ0n) is 16.7. The number of aromatic nitrogens is 2. The number of nitrogens with zero attached hydrogens (tertiary/aromatic N) is 3. The maximum Gasteiger partial charge on any atom is 0.255 e. The molecule has 0 aliphatic carbocycles. The largest absolute Gasteiger partial charge is 0.389 e. The lowest BCUT2D eigenvalue weighted by Gasteiger charge is -2.36. The number of benzene rings is 2. The number of nitrogens with one attached hydrogen (secondary N) is 1. The molecule has 30 heavy (non-hydrogen) atoms. The van der Waals surface area contributed by atoms with Gasteiger partial charge in [-0.25, -0.2) is 0 Å². The molecular formula is C22H23ClN4O3. The number of aryl methyl sites for hydroxylation is 1. The van der Waals surface area contributed by atoms with Crippen LogP contribution in [0, 0.1) is 0 Å². The van der Waals surface area contributed by atoms with Crippen LogP contribution in [0.1, 0.15) is 20.8 Å². The van der Waals surface area contributed by atoms with Crippen LogP contribution in [-0.2, 0) is 7.05 Å². The molecule has 1 aromatic heterocycles. The molecule has 1 aliphatic heterocycles. The molecule has 156 valence electrons. The Labute approximate surface area is 179 Å². The molecule has 1 saturated heterocycles. The first-order valence-corrected chi connectivity index (χ1v) is 9.80. The minimum atomic E-state index is -0.390. The quantitative estimate of drug-likeness (QED) is 0.626. The summed E-state index contributed by atoms with van der Waals surface area (Å²) in [5.74, 6) is -0.127. The van der Waals surface area contributed by atoms with Gasteiger partial charge in [0.05, 0.1) is 22.4 Å². The van der Waals surface area contributed by atoms with Crippen molar-refractivity contribution in [3.8, 4) is 11.3 Å². The van der Waals surface area contributed by atoms with Crippen molar-refractivity contribution >= 4 is 29.5 Å². The number of rotatable bonds is 4. The van der Waals surface area contributed by atoms with Gasteiger partial charge in [-0.15, -0.1) is 0 Å². The van der Waals surface area contributed by atoms with Gasteiger partial charge in [-0.1, -0.05) is 41.9 Å². The number of carbonyl (C=O) groups is 2. The molecule has 0 radical (unpaired) electrons. The second-order valence-electron chi connectivity index (χ2n) is 6.87. The molecule has 0 saturated carbocycles. The van der Waals surface area contributed by atoms with Crippen LogP contribution in [0.3, 0.4) is 0 Å². The van der Waals surface area contributed by atoms with Crippen LogP contribution in [0.5, 0.6) is 0 Å². The van der Waals surface area contributed by atoms with E-state index in [1.165, 1.54) is 0 Å². The Balaban J connectivity index is 0.000000172. The minimum absolute atomic E-state index is 0.127.